The van der Waals surface area contributed by atoms with Crippen LogP contribution in [0.2, 0.25) is 0 Å². The average molecular weight is 350 g/mol. The molecule has 0 unspecified atom stereocenters. The second kappa shape index (κ2) is 8.61. The van der Waals surface area contributed by atoms with Crippen molar-refractivity contribution in [2.24, 2.45) is 0 Å². The van der Waals surface area contributed by atoms with Crippen LogP contribution in [0, 0.1) is 13.8 Å². The number of anilines is 2. The molecule has 1 amide bonds. The molecule has 0 aliphatic heterocycles. The topological polar surface area (TPSA) is 66.9 Å². The molecular weight excluding hydrogens is 324 g/mol. The standard InChI is InChI=1S/C21H26N4O/c1-15-8-9-16(2)19(12-15)25-21-23-13-18(14-24-21)20(26)22-11-10-17-6-4-3-5-7-17/h6,8-9,12-14H,3-5,7,10-11H2,1-2H3,(H,22,26)(H,23,24,25). The van der Waals surface area contributed by atoms with Crippen LogP contribution in [0.25, 0.3) is 0 Å². The second-order valence-electron chi connectivity index (χ2n) is 6.85. The van der Waals surface area contributed by atoms with Gasteiger partial charge in [-0.05, 0) is 63.1 Å². The van der Waals surface area contributed by atoms with Crippen LogP contribution in [0.15, 0.2) is 42.2 Å². The summed E-state index contributed by atoms with van der Waals surface area (Å²) in [6.45, 7) is 4.74. The first-order valence-corrected chi connectivity index (χ1v) is 9.24. The molecule has 1 aliphatic rings. The predicted molar refractivity (Wildman–Crippen MR) is 105 cm³/mol. The summed E-state index contributed by atoms with van der Waals surface area (Å²) in [6.07, 6.45) is 11.3. The lowest BCUT2D eigenvalue weighted by atomic mass is 9.97. The molecule has 1 heterocycles. The van der Waals surface area contributed by atoms with Crippen LogP contribution in [0.5, 0.6) is 0 Å². The fourth-order valence-corrected chi connectivity index (χ4v) is 3.07. The summed E-state index contributed by atoms with van der Waals surface area (Å²) >= 11 is 0. The van der Waals surface area contributed by atoms with Gasteiger partial charge >= 0.3 is 0 Å². The van der Waals surface area contributed by atoms with E-state index >= 15 is 0 Å². The van der Waals surface area contributed by atoms with Crippen molar-refractivity contribution in [2.75, 3.05) is 11.9 Å². The molecule has 0 radical (unpaired) electrons. The van der Waals surface area contributed by atoms with E-state index in [-0.39, 0.29) is 5.91 Å². The summed E-state index contributed by atoms with van der Waals surface area (Å²) < 4.78 is 0. The minimum atomic E-state index is -0.125. The number of nitrogens with one attached hydrogen (secondary N) is 2. The van der Waals surface area contributed by atoms with Crippen molar-refractivity contribution in [1.82, 2.24) is 15.3 Å². The van der Waals surface area contributed by atoms with Crippen LogP contribution in [0.3, 0.4) is 0 Å². The van der Waals surface area contributed by atoms with Gasteiger partial charge in [-0.25, -0.2) is 9.97 Å². The molecule has 5 nitrogen and oxygen atoms in total. The third-order valence-corrected chi connectivity index (χ3v) is 4.67. The number of aromatic nitrogens is 2. The molecule has 0 fully saturated rings. The highest BCUT2D eigenvalue weighted by Gasteiger charge is 2.09. The Morgan fingerprint density at radius 2 is 1.96 bits per heavy atom. The Balaban J connectivity index is 1.54. The van der Waals surface area contributed by atoms with Crippen LogP contribution in [-0.4, -0.2) is 22.4 Å². The molecule has 5 heteroatoms. The van der Waals surface area contributed by atoms with Crippen LogP contribution in [-0.2, 0) is 0 Å². The minimum Gasteiger partial charge on any atom is -0.352 e. The van der Waals surface area contributed by atoms with Crippen molar-refractivity contribution in [3.63, 3.8) is 0 Å². The van der Waals surface area contributed by atoms with Gasteiger partial charge in [-0.2, -0.15) is 0 Å². The Morgan fingerprint density at radius 1 is 1.15 bits per heavy atom. The fourth-order valence-electron chi connectivity index (χ4n) is 3.07. The number of aryl methyl sites for hydroxylation is 2. The van der Waals surface area contributed by atoms with Gasteiger partial charge in [0, 0.05) is 24.6 Å². The zero-order chi connectivity index (χ0) is 18.4. The second-order valence-corrected chi connectivity index (χ2v) is 6.85. The first-order chi connectivity index (χ1) is 12.6. The van der Waals surface area contributed by atoms with E-state index in [2.05, 4.69) is 44.9 Å². The molecule has 1 aromatic carbocycles. The van der Waals surface area contributed by atoms with E-state index in [4.69, 9.17) is 0 Å². The third kappa shape index (κ3) is 4.91. The molecule has 1 aliphatic carbocycles. The van der Waals surface area contributed by atoms with Crippen molar-refractivity contribution in [3.05, 3.63) is 58.9 Å². The summed E-state index contributed by atoms with van der Waals surface area (Å²) in [5.41, 5.74) is 5.21. The normalized spacial score (nSPS) is 13.8. The molecule has 3 rings (SSSR count). The number of hydrogen-bond donors (Lipinski definition) is 2. The highest BCUT2D eigenvalue weighted by molar-refractivity contribution is 5.93. The zero-order valence-corrected chi connectivity index (χ0v) is 15.5. The molecule has 0 atom stereocenters. The Morgan fingerprint density at radius 3 is 2.69 bits per heavy atom. The number of nitrogens with zero attached hydrogens (tertiary/aromatic N) is 2. The van der Waals surface area contributed by atoms with E-state index < -0.39 is 0 Å². The molecule has 0 saturated heterocycles. The molecule has 0 bridgehead atoms. The molecule has 2 aromatic rings. The van der Waals surface area contributed by atoms with E-state index in [1.165, 1.54) is 30.4 Å². The van der Waals surface area contributed by atoms with E-state index in [0.29, 0.717) is 18.1 Å². The maximum atomic E-state index is 12.2. The van der Waals surface area contributed by atoms with Crippen molar-refractivity contribution in [2.45, 2.75) is 46.0 Å². The lowest BCUT2D eigenvalue weighted by molar-refractivity contribution is 0.0953. The number of carbonyl (C=O) groups excluding carboxylic acids is 1. The van der Waals surface area contributed by atoms with Crippen LogP contribution in [0.4, 0.5) is 11.6 Å². The Labute approximate surface area is 155 Å². The first kappa shape index (κ1) is 18.1. The third-order valence-electron chi connectivity index (χ3n) is 4.67. The Bertz CT molecular complexity index is 796. The largest absolute Gasteiger partial charge is 0.352 e. The SMILES string of the molecule is Cc1ccc(C)c(Nc2ncc(C(=O)NCCC3=CCCCC3)cn2)c1. The van der Waals surface area contributed by atoms with E-state index in [0.717, 1.165) is 24.1 Å². The van der Waals surface area contributed by atoms with Gasteiger partial charge in [0.15, 0.2) is 0 Å². The zero-order valence-electron chi connectivity index (χ0n) is 15.5. The van der Waals surface area contributed by atoms with Gasteiger partial charge in [-0.3, -0.25) is 4.79 Å². The summed E-state index contributed by atoms with van der Waals surface area (Å²) in [4.78, 5) is 20.8. The molecule has 2 N–H and O–H groups in total. The van der Waals surface area contributed by atoms with Gasteiger partial charge < -0.3 is 10.6 Å². The molecule has 1 aromatic heterocycles. The first-order valence-electron chi connectivity index (χ1n) is 9.24. The monoisotopic (exact) mass is 350 g/mol. The summed E-state index contributed by atoms with van der Waals surface area (Å²) in [5.74, 6) is 0.363. The number of carbonyl (C=O) groups is 1. The number of rotatable bonds is 6. The van der Waals surface area contributed by atoms with Gasteiger partial charge in [0.25, 0.3) is 5.91 Å². The van der Waals surface area contributed by atoms with Crippen LogP contribution >= 0.6 is 0 Å². The quantitative estimate of drug-likeness (QED) is 0.755. The summed E-state index contributed by atoms with van der Waals surface area (Å²) in [5, 5.41) is 6.16. The summed E-state index contributed by atoms with van der Waals surface area (Å²) in [6, 6.07) is 6.18. The number of allylic oxidation sites excluding steroid dienone is 1. The van der Waals surface area contributed by atoms with E-state index in [1.54, 1.807) is 12.4 Å². The van der Waals surface area contributed by atoms with Crippen LogP contribution in [0.1, 0.15) is 53.6 Å². The van der Waals surface area contributed by atoms with E-state index in [9.17, 15) is 4.79 Å². The highest BCUT2D eigenvalue weighted by Crippen LogP contribution is 2.20. The van der Waals surface area contributed by atoms with Gasteiger partial charge in [-0.15, -0.1) is 0 Å². The highest BCUT2D eigenvalue weighted by atomic mass is 16.1. The van der Waals surface area contributed by atoms with Crippen molar-refractivity contribution in [3.8, 4) is 0 Å². The fraction of sp³-hybridized carbons (Fsp3) is 0.381. The molecule has 136 valence electrons. The number of amides is 1. The van der Waals surface area contributed by atoms with E-state index in [1.807, 2.05) is 13.8 Å². The molecule has 0 spiro atoms. The smallest absolute Gasteiger partial charge is 0.254 e. The predicted octanol–water partition coefficient (Wildman–Crippen LogP) is 4.46. The molecular formula is C21H26N4O. The molecule has 0 saturated carbocycles. The lowest BCUT2D eigenvalue weighted by Crippen LogP contribution is -2.25. The maximum Gasteiger partial charge on any atom is 0.254 e. The van der Waals surface area contributed by atoms with Gasteiger partial charge in [0.05, 0.1) is 5.56 Å². The van der Waals surface area contributed by atoms with Crippen molar-refractivity contribution in [1.29, 1.82) is 0 Å². The van der Waals surface area contributed by atoms with Gasteiger partial charge in [-0.1, -0.05) is 23.8 Å². The Hall–Kier alpha value is -2.69. The Kier molecular flexibility index (Phi) is 6.00. The molecule has 26 heavy (non-hydrogen) atoms. The van der Waals surface area contributed by atoms with Gasteiger partial charge in [0.1, 0.15) is 0 Å². The van der Waals surface area contributed by atoms with Gasteiger partial charge in [0.2, 0.25) is 5.95 Å². The van der Waals surface area contributed by atoms with Crippen molar-refractivity contribution < 1.29 is 4.79 Å². The lowest BCUT2D eigenvalue weighted by Gasteiger charge is -2.13. The minimum absolute atomic E-state index is 0.125. The van der Waals surface area contributed by atoms with Crippen molar-refractivity contribution >= 4 is 17.5 Å². The number of benzene rings is 1. The number of hydrogen-bond acceptors (Lipinski definition) is 4. The van der Waals surface area contributed by atoms with Crippen LogP contribution < -0.4 is 10.6 Å². The average Bonchev–Trinajstić information content (AvgIpc) is 2.66. The summed E-state index contributed by atoms with van der Waals surface area (Å²) in [7, 11) is 0. The maximum absolute atomic E-state index is 12.2.